The molecule has 1 saturated heterocycles. The molecule has 1 heterocycles. The third-order valence-corrected chi connectivity index (χ3v) is 5.60. The first kappa shape index (κ1) is 19.2. The lowest BCUT2D eigenvalue weighted by molar-refractivity contribution is -0.138. The predicted molar refractivity (Wildman–Crippen MR) is 92.0 cm³/mol. The summed E-state index contributed by atoms with van der Waals surface area (Å²) in [5.41, 5.74) is -0.355. The van der Waals surface area contributed by atoms with Crippen LogP contribution in [0.3, 0.4) is 0 Å². The van der Waals surface area contributed by atoms with Gasteiger partial charge in [0.2, 0.25) is 5.91 Å². The number of amides is 1. The summed E-state index contributed by atoms with van der Waals surface area (Å²) in [5, 5.41) is 0. The molecule has 2 aromatic rings. The van der Waals surface area contributed by atoms with Crippen molar-refractivity contribution in [1.82, 2.24) is 0 Å². The minimum absolute atomic E-state index is 0.0552. The van der Waals surface area contributed by atoms with Gasteiger partial charge in [-0.05, 0) is 49.2 Å². The first-order valence-corrected chi connectivity index (χ1v) is 9.52. The molecular formula is C18H16F3NO4S. The molecule has 0 N–H and O–H groups in total. The standard InChI is InChI=1S/C18H16F3NO4S/c1-12-11-13(22-10-4-7-17(22)23)8-9-16(12)27(24,25)26-15-6-3-2-5-14(15)18(19,20)21/h2-3,5-6,8-9,11H,4,7,10H2,1H3. The summed E-state index contributed by atoms with van der Waals surface area (Å²) < 4.78 is 69.0. The van der Waals surface area contributed by atoms with Crippen LogP contribution < -0.4 is 9.08 Å². The summed E-state index contributed by atoms with van der Waals surface area (Å²) in [7, 11) is -4.48. The lowest BCUT2D eigenvalue weighted by Gasteiger charge is -2.18. The summed E-state index contributed by atoms with van der Waals surface area (Å²) in [6.07, 6.45) is -3.60. The molecule has 0 unspecified atom stereocenters. The average Bonchev–Trinajstić information content (AvgIpc) is 2.99. The van der Waals surface area contributed by atoms with Gasteiger partial charge in [0, 0.05) is 18.7 Å². The molecule has 1 amide bonds. The maximum absolute atomic E-state index is 13.1. The summed E-state index contributed by atoms with van der Waals surface area (Å²) in [5.74, 6) is -0.844. The van der Waals surface area contributed by atoms with Crippen molar-refractivity contribution in [2.24, 2.45) is 0 Å². The quantitative estimate of drug-likeness (QED) is 0.732. The molecule has 9 heteroatoms. The van der Waals surface area contributed by atoms with Crippen LogP contribution >= 0.6 is 0 Å². The van der Waals surface area contributed by atoms with Crippen molar-refractivity contribution in [3.8, 4) is 5.75 Å². The van der Waals surface area contributed by atoms with Gasteiger partial charge in [-0.3, -0.25) is 4.79 Å². The van der Waals surface area contributed by atoms with Crippen LogP contribution in [0, 0.1) is 6.92 Å². The molecule has 0 atom stereocenters. The maximum atomic E-state index is 13.1. The summed E-state index contributed by atoms with van der Waals surface area (Å²) in [4.78, 5) is 13.1. The van der Waals surface area contributed by atoms with Crippen LogP contribution in [0.2, 0.25) is 0 Å². The monoisotopic (exact) mass is 399 g/mol. The molecule has 0 spiro atoms. The number of alkyl halides is 3. The van der Waals surface area contributed by atoms with Gasteiger partial charge in [-0.2, -0.15) is 21.6 Å². The van der Waals surface area contributed by atoms with Gasteiger partial charge in [0.15, 0.2) is 5.75 Å². The first-order chi connectivity index (χ1) is 12.6. The molecule has 0 aromatic heterocycles. The third-order valence-electron chi connectivity index (χ3n) is 4.20. The van der Waals surface area contributed by atoms with E-state index in [0.29, 0.717) is 18.7 Å². The molecule has 0 aliphatic carbocycles. The van der Waals surface area contributed by atoms with Crippen LogP contribution in [0.15, 0.2) is 47.4 Å². The van der Waals surface area contributed by atoms with Crippen LogP contribution in [0.4, 0.5) is 18.9 Å². The number of aryl methyl sites for hydroxylation is 1. The van der Waals surface area contributed by atoms with E-state index in [1.54, 1.807) is 4.90 Å². The Bertz CT molecular complexity index is 986. The Morgan fingerprint density at radius 3 is 2.41 bits per heavy atom. The van der Waals surface area contributed by atoms with Crippen molar-refractivity contribution in [1.29, 1.82) is 0 Å². The highest BCUT2D eigenvalue weighted by molar-refractivity contribution is 7.87. The number of nitrogens with zero attached hydrogens (tertiary/aromatic N) is 1. The van der Waals surface area contributed by atoms with Crippen LogP contribution in [-0.2, 0) is 21.1 Å². The Kier molecular flexibility index (Phi) is 4.90. The van der Waals surface area contributed by atoms with Crippen molar-refractivity contribution in [3.05, 3.63) is 53.6 Å². The van der Waals surface area contributed by atoms with Crippen molar-refractivity contribution in [3.63, 3.8) is 0 Å². The Labute approximate surface area is 154 Å². The minimum atomic E-state index is -4.75. The molecule has 2 aromatic carbocycles. The van der Waals surface area contributed by atoms with Crippen molar-refractivity contribution < 1.29 is 30.6 Å². The zero-order valence-electron chi connectivity index (χ0n) is 14.3. The molecule has 0 radical (unpaired) electrons. The fourth-order valence-corrected chi connectivity index (χ4v) is 4.10. The van der Waals surface area contributed by atoms with E-state index in [9.17, 15) is 26.4 Å². The van der Waals surface area contributed by atoms with Gasteiger partial charge < -0.3 is 9.08 Å². The fourth-order valence-electron chi connectivity index (χ4n) is 2.94. The van der Waals surface area contributed by atoms with Crippen LogP contribution in [0.5, 0.6) is 5.75 Å². The molecule has 1 aliphatic rings. The van der Waals surface area contributed by atoms with Crippen molar-refractivity contribution in [2.45, 2.75) is 30.8 Å². The Balaban J connectivity index is 1.93. The molecule has 3 rings (SSSR count). The summed E-state index contributed by atoms with van der Waals surface area (Å²) in [6.45, 7) is 2.04. The zero-order valence-corrected chi connectivity index (χ0v) is 15.1. The Morgan fingerprint density at radius 2 is 1.81 bits per heavy atom. The number of benzene rings is 2. The van der Waals surface area contributed by atoms with Crippen LogP contribution in [0.25, 0.3) is 0 Å². The highest BCUT2D eigenvalue weighted by atomic mass is 32.2. The summed E-state index contributed by atoms with van der Waals surface area (Å²) in [6, 6.07) is 8.30. The normalized spacial score (nSPS) is 15.3. The van der Waals surface area contributed by atoms with E-state index in [4.69, 9.17) is 4.18 Å². The number of carbonyl (C=O) groups excluding carboxylic acids is 1. The van der Waals surface area contributed by atoms with Gasteiger partial charge in [0.1, 0.15) is 4.90 Å². The van der Waals surface area contributed by atoms with E-state index in [2.05, 4.69) is 0 Å². The second-order valence-electron chi connectivity index (χ2n) is 6.13. The molecule has 1 aliphatic heterocycles. The smallest absolute Gasteiger partial charge is 0.378 e. The largest absolute Gasteiger partial charge is 0.420 e. The number of rotatable bonds is 4. The minimum Gasteiger partial charge on any atom is -0.378 e. The molecule has 0 bridgehead atoms. The van der Waals surface area contributed by atoms with Gasteiger partial charge in [-0.25, -0.2) is 0 Å². The van der Waals surface area contributed by atoms with E-state index < -0.39 is 27.6 Å². The van der Waals surface area contributed by atoms with Crippen molar-refractivity contribution in [2.75, 3.05) is 11.4 Å². The molecule has 5 nitrogen and oxygen atoms in total. The first-order valence-electron chi connectivity index (χ1n) is 8.11. The molecule has 144 valence electrons. The van der Waals surface area contributed by atoms with Crippen molar-refractivity contribution >= 4 is 21.7 Å². The van der Waals surface area contributed by atoms with Gasteiger partial charge >= 0.3 is 16.3 Å². The second kappa shape index (κ2) is 6.88. The topological polar surface area (TPSA) is 63.7 Å². The van der Waals surface area contributed by atoms with Gasteiger partial charge in [-0.15, -0.1) is 0 Å². The second-order valence-corrected chi connectivity index (χ2v) is 7.64. The molecule has 27 heavy (non-hydrogen) atoms. The van der Waals surface area contributed by atoms with Crippen LogP contribution in [-0.4, -0.2) is 20.9 Å². The number of halogens is 3. The zero-order chi connectivity index (χ0) is 19.8. The molecular weight excluding hydrogens is 383 g/mol. The Hall–Kier alpha value is -2.55. The number of hydrogen-bond donors (Lipinski definition) is 0. The van der Waals surface area contributed by atoms with E-state index in [-0.39, 0.29) is 16.4 Å². The predicted octanol–water partition coefficient (Wildman–Crippen LogP) is 3.91. The highest BCUT2D eigenvalue weighted by Crippen LogP contribution is 2.37. The number of anilines is 1. The van der Waals surface area contributed by atoms with Crippen LogP contribution in [0.1, 0.15) is 24.0 Å². The third kappa shape index (κ3) is 3.92. The van der Waals surface area contributed by atoms with E-state index in [1.807, 2.05) is 0 Å². The van der Waals surface area contributed by atoms with E-state index in [0.717, 1.165) is 24.6 Å². The average molecular weight is 399 g/mol. The van der Waals surface area contributed by atoms with Gasteiger partial charge in [0.05, 0.1) is 5.56 Å². The molecule has 0 saturated carbocycles. The van der Waals surface area contributed by atoms with Gasteiger partial charge in [0.25, 0.3) is 0 Å². The lowest BCUT2D eigenvalue weighted by atomic mass is 10.2. The lowest BCUT2D eigenvalue weighted by Crippen LogP contribution is -2.24. The van der Waals surface area contributed by atoms with Gasteiger partial charge in [-0.1, -0.05) is 12.1 Å². The Morgan fingerprint density at radius 1 is 1.11 bits per heavy atom. The number of carbonyl (C=O) groups is 1. The number of para-hydroxylation sites is 1. The van der Waals surface area contributed by atoms with E-state index >= 15 is 0 Å². The summed E-state index contributed by atoms with van der Waals surface area (Å²) >= 11 is 0. The highest BCUT2D eigenvalue weighted by Gasteiger charge is 2.36. The maximum Gasteiger partial charge on any atom is 0.420 e. The fraction of sp³-hybridized carbons (Fsp3) is 0.278. The number of hydrogen-bond acceptors (Lipinski definition) is 4. The SMILES string of the molecule is Cc1cc(N2CCCC2=O)ccc1S(=O)(=O)Oc1ccccc1C(F)(F)F. The van der Waals surface area contributed by atoms with E-state index in [1.165, 1.54) is 31.2 Å². The molecule has 1 fully saturated rings.